The fourth-order valence-corrected chi connectivity index (χ4v) is 3.12. The number of piperidine rings is 1. The predicted molar refractivity (Wildman–Crippen MR) is 90.3 cm³/mol. The lowest BCUT2D eigenvalue weighted by molar-refractivity contribution is -0.122. The molecule has 1 aromatic carbocycles. The summed E-state index contributed by atoms with van der Waals surface area (Å²) in [5.41, 5.74) is 0.746. The third-order valence-electron chi connectivity index (χ3n) is 4.67. The number of aliphatic hydroxyl groups is 1. The van der Waals surface area contributed by atoms with E-state index in [1.165, 1.54) is 0 Å². The SMILES string of the molecule is COc1cccc(C(O)CNC(=O)CC(C)C2CCNCC2)c1. The highest BCUT2D eigenvalue weighted by Crippen LogP contribution is 2.24. The van der Waals surface area contributed by atoms with Gasteiger partial charge in [-0.1, -0.05) is 19.1 Å². The van der Waals surface area contributed by atoms with E-state index < -0.39 is 6.10 Å². The second-order valence-corrected chi connectivity index (χ2v) is 6.37. The molecule has 5 heteroatoms. The van der Waals surface area contributed by atoms with Crippen LogP contribution in [0.25, 0.3) is 0 Å². The number of rotatable bonds is 7. The zero-order valence-electron chi connectivity index (χ0n) is 14.0. The van der Waals surface area contributed by atoms with Crippen LogP contribution in [-0.2, 0) is 4.79 Å². The normalized spacial score (nSPS) is 18.2. The van der Waals surface area contributed by atoms with Gasteiger partial charge in [0.15, 0.2) is 0 Å². The van der Waals surface area contributed by atoms with Crippen LogP contribution < -0.4 is 15.4 Å². The highest BCUT2D eigenvalue weighted by molar-refractivity contribution is 5.76. The maximum absolute atomic E-state index is 12.1. The summed E-state index contributed by atoms with van der Waals surface area (Å²) >= 11 is 0. The van der Waals surface area contributed by atoms with Crippen LogP contribution in [0, 0.1) is 11.8 Å². The Balaban J connectivity index is 1.76. The van der Waals surface area contributed by atoms with Gasteiger partial charge in [-0.25, -0.2) is 0 Å². The average Bonchev–Trinajstić information content (AvgIpc) is 2.60. The summed E-state index contributed by atoms with van der Waals surface area (Å²) in [4.78, 5) is 12.1. The molecule has 3 N–H and O–H groups in total. The summed E-state index contributed by atoms with van der Waals surface area (Å²) in [5.74, 6) is 1.71. The number of amides is 1. The Labute approximate surface area is 138 Å². The minimum absolute atomic E-state index is 0.0120. The molecule has 2 atom stereocenters. The molecule has 1 saturated heterocycles. The van der Waals surface area contributed by atoms with Crippen molar-refractivity contribution in [1.29, 1.82) is 0 Å². The van der Waals surface area contributed by atoms with Crippen LogP contribution in [0.5, 0.6) is 5.75 Å². The Bertz CT molecular complexity index is 501. The van der Waals surface area contributed by atoms with Crippen LogP contribution in [-0.4, -0.2) is 37.8 Å². The second kappa shape index (κ2) is 8.89. The van der Waals surface area contributed by atoms with Crippen molar-refractivity contribution in [3.05, 3.63) is 29.8 Å². The van der Waals surface area contributed by atoms with Gasteiger partial charge >= 0.3 is 0 Å². The van der Waals surface area contributed by atoms with Gasteiger partial charge in [-0.15, -0.1) is 0 Å². The van der Waals surface area contributed by atoms with Crippen molar-refractivity contribution >= 4 is 5.91 Å². The molecule has 0 bridgehead atoms. The molecule has 1 fully saturated rings. The molecule has 2 unspecified atom stereocenters. The molecule has 1 aliphatic rings. The number of benzene rings is 1. The number of carbonyl (C=O) groups excluding carboxylic acids is 1. The summed E-state index contributed by atoms with van der Waals surface area (Å²) < 4.78 is 5.15. The van der Waals surface area contributed by atoms with E-state index in [0.717, 1.165) is 31.5 Å². The van der Waals surface area contributed by atoms with Crippen molar-refractivity contribution < 1.29 is 14.6 Å². The first-order chi connectivity index (χ1) is 11.1. The lowest BCUT2D eigenvalue weighted by atomic mass is 9.84. The fourth-order valence-electron chi connectivity index (χ4n) is 3.12. The Morgan fingerprint density at radius 2 is 2.17 bits per heavy atom. The molecule has 1 aliphatic heterocycles. The van der Waals surface area contributed by atoms with Gasteiger partial charge in [0, 0.05) is 13.0 Å². The number of carbonyl (C=O) groups is 1. The van der Waals surface area contributed by atoms with Gasteiger partial charge < -0.3 is 20.5 Å². The van der Waals surface area contributed by atoms with E-state index in [-0.39, 0.29) is 12.5 Å². The topological polar surface area (TPSA) is 70.6 Å². The number of hydrogen-bond acceptors (Lipinski definition) is 4. The number of methoxy groups -OCH3 is 1. The molecular weight excluding hydrogens is 292 g/mol. The molecule has 0 saturated carbocycles. The standard InChI is InChI=1S/C18H28N2O3/c1-13(14-6-8-19-9-7-14)10-18(22)20-12-17(21)15-4-3-5-16(11-15)23-2/h3-5,11,13-14,17,19,21H,6-10,12H2,1-2H3,(H,20,22). The molecule has 2 rings (SSSR count). The van der Waals surface area contributed by atoms with Crippen LogP contribution in [0.15, 0.2) is 24.3 Å². The van der Waals surface area contributed by atoms with Crippen molar-refractivity contribution in [3.8, 4) is 5.75 Å². The number of aliphatic hydroxyl groups excluding tert-OH is 1. The molecule has 5 nitrogen and oxygen atoms in total. The van der Waals surface area contributed by atoms with E-state index >= 15 is 0 Å². The Hall–Kier alpha value is -1.59. The average molecular weight is 320 g/mol. The van der Waals surface area contributed by atoms with Crippen LogP contribution in [0.2, 0.25) is 0 Å². The third kappa shape index (κ3) is 5.52. The van der Waals surface area contributed by atoms with E-state index in [4.69, 9.17) is 4.74 Å². The summed E-state index contributed by atoms with van der Waals surface area (Å²) in [6, 6.07) is 7.28. The lowest BCUT2D eigenvalue weighted by Gasteiger charge is -2.28. The van der Waals surface area contributed by atoms with Gasteiger partial charge in [0.25, 0.3) is 0 Å². The summed E-state index contributed by atoms with van der Waals surface area (Å²) in [6.07, 6.45) is 2.08. The second-order valence-electron chi connectivity index (χ2n) is 6.37. The zero-order valence-corrected chi connectivity index (χ0v) is 14.0. The van der Waals surface area contributed by atoms with Crippen molar-refractivity contribution in [2.45, 2.75) is 32.3 Å². The maximum Gasteiger partial charge on any atom is 0.220 e. The third-order valence-corrected chi connectivity index (χ3v) is 4.67. The van der Waals surface area contributed by atoms with Gasteiger partial charge in [-0.3, -0.25) is 4.79 Å². The van der Waals surface area contributed by atoms with Gasteiger partial charge in [0.05, 0.1) is 13.2 Å². The molecule has 0 spiro atoms. The van der Waals surface area contributed by atoms with E-state index in [1.54, 1.807) is 13.2 Å². The first kappa shape index (κ1) is 17.8. The van der Waals surface area contributed by atoms with Crippen LogP contribution in [0.1, 0.15) is 37.9 Å². The smallest absolute Gasteiger partial charge is 0.220 e. The van der Waals surface area contributed by atoms with Gasteiger partial charge in [0.2, 0.25) is 5.91 Å². The van der Waals surface area contributed by atoms with Gasteiger partial charge in [0.1, 0.15) is 5.75 Å². The Morgan fingerprint density at radius 1 is 1.43 bits per heavy atom. The summed E-state index contributed by atoms with van der Waals surface area (Å²) in [7, 11) is 1.59. The molecule has 128 valence electrons. The van der Waals surface area contributed by atoms with E-state index in [9.17, 15) is 9.90 Å². The Kier molecular flexibility index (Phi) is 6.86. The van der Waals surface area contributed by atoms with Crippen molar-refractivity contribution in [2.75, 3.05) is 26.7 Å². The fraction of sp³-hybridized carbons (Fsp3) is 0.611. The van der Waals surface area contributed by atoms with Crippen molar-refractivity contribution in [2.24, 2.45) is 11.8 Å². The van der Waals surface area contributed by atoms with E-state index in [0.29, 0.717) is 24.0 Å². The Morgan fingerprint density at radius 3 is 2.87 bits per heavy atom. The predicted octanol–water partition coefficient (Wildman–Crippen LogP) is 1.87. The van der Waals surface area contributed by atoms with E-state index in [1.807, 2.05) is 18.2 Å². The molecule has 23 heavy (non-hydrogen) atoms. The molecule has 1 heterocycles. The first-order valence-corrected chi connectivity index (χ1v) is 8.39. The zero-order chi connectivity index (χ0) is 16.7. The highest BCUT2D eigenvalue weighted by atomic mass is 16.5. The monoisotopic (exact) mass is 320 g/mol. The minimum atomic E-state index is -0.719. The lowest BCUT2D eigenvalue weighted by Crippen LogP contribution is -2.34. The number of hydrogen-bond donors (Lipinski definition) is 3. The largest absolute Gasteiger partial charge is 0.497 e. The molecule has 1 aromatic rings. The number of nitrogens with one attached hydrogen (secondary N) is 2. The molecule has 0 aliphatic carbocycles. The maximum atomic E-state index is 12.1. The summed E-state index contributed by atoms with van der Waals surface area (Å²) in [6.45, 7) is 4.47. The van der Waals surface area contributed by atoms with Gasteiger partial charge in [-0.05, 0) is 55.5 Å². The number of ether oxygens (including phenoxy) is 1. The van der Waals surface area contributed by atoms with Gasteiger partial charge in [-0.2, -0.15) is 0 Å². The first-order valence-electron chi connectivity index (χ1n) is 8.39. The van der Waals surface area contributed by atoms with Crippen molar-refractivity contribution in [3.63, 3.8) is 0 Å². The van der Waals surface area contributed by atoms with Crippen molar-refractivity contribution in [1.82, 2.24) is 10.6 Å². The molecule has 0 aromatic heterocycles. The molecule has 0 radical (unpaired) electrons. The van der Waals surface area contributed by atoms with Crippen LogP contribution in [0.4, 0.5) is 0 Å². The molecular formula is C18H28N2O3. The van der Waals surface area contributed by atoms with Crippen LogP contribution in [0.3, 0.4) is 0 Å². The minimum Gasteiger partial charge on any atom is -0.497 e. The molecule has 1 amide bonds. The quantitative estimate of drug-likeness (QED) is 0.717. The van der Waals surface area contributed by atoms with E-state index in [2.05, 4.69) is 17.6 Å². The highest BCUT2D eigenvalue weighted by Gasteiger charge is 2.22. The van der Waals surface area contributed by atoms with Crippen LogP contribution >= 0.6 is 0 Å². The summed E-state index contributed by atoms with van der Waals surface area (Å²) in [5, 5.41) is 16.4.